The van der Waals surface area contributed by atoms with Crippen LogP contribution in [0.4, 0.5) is 0 Å². The van der Waals surface area contributed by atoms with E-state index in [1.807, 2.05) is 6.20 Å². The molecule has 2 aromatic rings. The molecule has 2 rings (SSSR count). The monoisotopic (exact) mass is 268 g/mol. The Hall–Kier alpha value is -1.67. The lowest BCUT2D eigenvalue weighted by Crippen LogP contribution is -2.35. The van der Waals surface area contributed by atoms with Crippen LogP contribution in [-0.4, -0.2) is 4.98 Å². The maximum atomic E-state index is 6.52. The first-order valence-corrected chi connectivity index (χ1v) is 7.23. The molecule has 0 amide bonds. The fourth-order valence-electron chi connectivity index (χ4n) is 2.34. The fraction of sp³-hybridized carbons (Fsp3) is 0.389. The summed E-state index contributed by atoms with van der Waals surface area (Å²) >= 11 is 0. The highest BCUT2D eigenvalue weighted by molar-refractivity contribution is 5.34. The van der Waals surface area contributed by atoms with Gasteiger partial charge in [-0.05, 0) is 55.5 Å². The topological polar surface area (TPSA) is 38.9 Å². The van der Waals surface area contributed by atoms with E-state index in [4.69, 9.17) is 5.73 Å². The molecule has 0 aliphatic heterocycles. The van der Waals surface area contributed by atoms with Gasteiger partial charge in [-0.2, -0.15) is 0 Å². The minimum absolute atomic E-state index is 0.390. The van der Waals surface area contributed by atoms with Crippen LogP contribution in [0.5, 0.6) is 0 Å². The predicted molar refractivity (Wildman–Crippen MR) is 84.8 cm³/mol. The molecule has 1 heterocycles. The number of nitrogens with zero attached hydrogens (tertiary/aromatic N) is 1. The van der Waals surface area contributed by atoms with E-state index in [2.05, 4.69) is 63.0 Å². The molecule has 0 fully saturated rings. The molecule has 0 saturated carbocycles. The molecule has 2 heteroatoms. The molecule has 106 valence electrons. The summed E-state index contributed by atoms with van der Waals surface area (Å²) in [6, 6.07) is 10.7. The summed E-state index contributed by atoms with van der Waals surface area (Å²) < 4.78 is 0. The Morgan fingerprint density at radius 2 is 1.85 bits per heavy atom. The number of aryl methyl sites for hydroxylation is 3. The average molecular weight is 268 g/mol. The van der Waals surface area contributed by atoms with Gasteiger partial charge in [-0.3, -0.25) is 4.98 Å². The van der Waals surface area contributed by atoms with Gasteiger partial charge >= 0.3 is 0 Å². The summed E-state index contributed by atoms with van der Waals surface area (Å²) in [4.78, 5) is 4.52. The Morgan fingerprint density at radius 1 is 1.10 bits per heavy atom. The van der Waals surface area contributed by atoms with E-state index < -0.39 is 0 Å². The molecule has 0 spiro atoms. The average Bonchev–Trinajstić information content (AvgIpc) is 2.42. The number of pyridine rings is 1. The van der Waals surface area contributed by atoms with Crippen LogP contribution in [0.25, 0.3) is 0 Å². The van der Waals surface area contributed by atoms with Gasteiger partial charge in [-0.1, -0.05) is 31.2 Å². The van der Waals surface area contributed by atoms with E-state index in [9.17, 15) is 0 Å². The molecule has 0 aliphatic rings. The zero-order chi connectivity index (χ0) is 14.8. The number of hydrogen-bond acceptors (Lipinski definition) is 2. The third kappa shape index (κ3) is 3.26. The Morgan fingerprint density at radius 3 is 2.40 bits per heavy atom. The van der Waals surface area contributed by atoms with Crippen LogP contribution in [-0.2, 0) is 18.4 Å². The quantitative estimate of drug-likeness (QED) is 0.918. The fourth-order valence-corrected chi connectivity index (χ4v) is 2.34. The number of nitrogens with two attached hydrogens (primary N) is 1. The Balaban J connectivity index is 2.22. The van der Waals surface area contributed by atoms with Crippen molar-refractivity contribution < 1.29 is 0 Å². The molecule has 20 heavy (non-hydrogen) atoms. The van der Waals surface area contributed by atoms with E-state index in [0.29, 0.717) is 0 Å². The SMILES string of the molecule is CCc1ccc(CC(C)(N)c2ccc(C)c(C)c2)nc1. The van der Waals surface area contributed by atoms with E-state index in [1.165, 1.54) is 22.3 Å². The summed E-state index contributed by atoms with van der Waals surface area (Å²) in [6.45, 7) is 8.46. The van der Waals surface area contributed by atoms with Crippen LogP contribution in [0.2, 0.25) is 0 Å². The standard InChI is InChI=1S/C18H24N2/c1-5-15-7-9-17(20-12-15)11-18(4,19)16-8-6-13(2)14(3)10-16/h6-10,12H,5,11,19H2,1-4H3. The molecule has 0 aliphatic carbocycles. The number of hydrogen-bond donors (Lipinski definition) is 1. The zero-order valence-electron chi connectivity index (χ0n) is 12.9. The summed E-state index contributed by atoms with van der Waals surface area (Å²) in [5.74, 6) is 0. The summed E-state index contributed by atoms with van der Waals surface area (Å²) in [5, 5.41) is 0. The normalized spacial score (nSPS) is 14.1. The highest BCUT2D eigenvalue weighted by atomic mass is 14.8. The lowest BCUT2D eigenvalue weighted by Gasteiger charge is -2.26. The van der Waals surface area contributed by atoms with Crippen molar-refractivity contribution in [3.05, 3.63) is 64.5 Å². The largest absolute Gasteiger partial charge is 0.321 e. The van der Waals surface area contributed by atoms with Gasteiger partial charge in [0, 0.05) is 23.9 Å². The van der Waals surface area contributed by atoms with E-state index in [0.717, 1.165) is 18.5 Å². The molecular weight excluding hydrogens is 244 g/mol. The minimum Gasteiger partial charge on any atom is -0.321 e. The summed E-state index contributed by atoms with van der Waals surface area (Å²) in [7, 11) is 0. The predicted octanol–water partition coefficient (Wildman–Crippen LogP) is 3.68. The molecule has 0 radical (unpaired) electrons. The number of rotatable bonds is 4. The molecule has 0 bridgehead atoms. The second-order valence-corrected chi connectivity index (χ2v) is 5.90. The summed E-state index contributed by atoms with van der Waals surface area (Å²) in [6.07, 6.45) is 3.72. The zero-order valence-corrected chi connectivity index (χ0v) is 12.9. The Labute approximate surface area is 122 Å². The lowest BCUT2D eigenvalue weighted by atomic mass is 9.86. The lowest BCUT2D eigenvalue weighted by molar-refractivity contribution is 0.484. The highest BCUT2D eigenvalue weighted by Gasteiger charge is 2.22. The van der Waals surface area contributed by atoms with Gasteiger partial charge in [0.1, 0.15) is 0 Å². The molecule has 1 aromatic heterocycles. The highest BCUT2D eigenvalue weighted by Crippen LogP contribution is 2.24. The first kappa shape index (κ1) is 14.7. The second-order valence-electron chi connectivity index (χ2n) is 5.90. The van der Waals surface area contributed by atoms with Crippen molar-refractivity contribution in [2.24, 2.45) is 5.73 Å². The van der Waals surface area contributed by atoms with Crippen molar-refractivity contribution in [3.63, 3.8) is 0 Å². The second kappa shape index (κ2) is 5.76. The Bertz CT molecular complexity index is 583. The van der Waals surface area contributed by atoms with Gasteiger partial charge in [0.05, 0.1) is 0 Å². The van der Waals surface area contributed by atoms with Crippen LogP contribution in [0.15, 0.2) is 36.5 Å². The summed E-state index contributed by atoms with van der Waals surface area (Å²) in [5.41, 5.74) is 12.2. The molecular formula is C18H24N2. The smallest absolute Gasteiger partial charge is 0.0437 e. The van der Waals surface area contributed by atoms with Crippen molar-refractivity contribution in [2.45, 2.75) is 46.1 Å². The third-order valence-corrected chi connectivity index (χ3v) is 4.01. The van der Waals surface area contributed by atoms with Gasteiger partial charge in [0.15, 0.2) is 0 Å². The van der Waals surface area contributed by atoms with Crippen molar-refractivity contribution in [1.29, 1.82) is 0 Å². The van der Waals surface area contributed by atoms with Crippen LogP contribution in [0, 0.1) is 13.8 Å². The molecule has 0 saturated heterocycles. The van der Waals surface area contributed by atoms with E-state index in [1.54, 1.807) is 0 Å². The molecule has 2 N–H and O–H groups in total. The first-order chi connectivity index (χ1) is 9.42. The minimum atomic E-state index is -0.390. The van der Waals surface area contributed by atoms with Crippen LogP contribution >= 0.6 is 0 Å². The van der Waals surface area contributed by atoms with Gasteiger partial charge in [0.2, 0.25) is 0 Å². The number of aromatic nitrogens is 1. The third-order valence-electron chi connectivity index (χ3n) is 4.01. The van der Waals surface area contributed by atoms with Crippen molar-refractivity contribution in [1.82, 2.24) is 4.98 Å². The van der Waals surface area contributed by atoms with Gasteiger partial charge in [-0.25, -0.2) is 0 Å². The van der Waals surface area contributed by atoms with Gasteiger partial charge < -0.3 is 5.73 Å². The van der Waals surface area contributed by atoms with Crippen molar-refractivity contribution >= 4 is 0 Å². The number of benzene rings is 1. The maximum absolute atomic E-state index is 6.52. The van der Waals surface area contributed by atoms with Crippen molar-refractivity contribution in [2.75, 3.05) is 0 Å². The molecule has 1 aromatic carbocycles. The van der Waals surface area contributed by atoms with Crippen LogP contribution in [0.3, 0.4) is 0 Å². The molecule has 1 unspecified atom stereocenters. The van der Waals surface area contributed by atoms with Crippen molar-refractivity contribution in [3.8, 4) is 0 Å². The maximum Gasteiger partial charge on any atom is 0.0437 e. The molecule has 2 nitrogen and oxygen atoms in total. The van der Waals surface area contributed by atoms with Crippen LogP contribution in [0.1, 0.15) is 41.8 Å². The van der Waals surface area contributed by atoms with E-state index in [-0.39, 0.29) is 5.54 Å². The first-order valence-electron chi connectivity index (χ1n) is 7.23. The van der Waals surface area contributed by atoms with Gasteiger partial charge in [0.25, 0.3) is 0 Å². The van der Waals surface area contributed by atoms with Crippen LogP contribution < -0.4 is 5.73 Å². The Kier molecular flexibility index (Phi) is 4.24. The van der Waals surface area contributed by atoms with E-state index >= 15 is 0 Å². The molecule has 1 atom stereocenters. The van der Waals surface area contributed by atoms with Gasteiger partial charge in [-0.15, -0.1) is 0 Å².